The molecular weight excluding hydrogens is 263 g/mol. The highest BCUT2D eigenvalue weighted by Crippen LogP contribution is 2.16. The van der Waals surface area contributed by atoms with Gasteiger partial charge in [0.05, 0.1) is 0 Å². The molecule has 0 bridgehead atoms. The molecule has 6 heteroatoms. The number of hydrogen-bond acceptors (Lipinski definition) is 3. The fourth-order valence-electron chi connectivity index (χ4n) is 2.14. The molecule has 0 aromatic heterocycles. The number of ether oxygens (including phenoxy) is 1. The average Bonchev–Trinajstić information content (AvgIpc) is 2.44. The van der Waals surface area contributed by atoms with E-state index in [9.17, 15) is 14.0 Å². The van der Waals surface area contributed by atoms with Gasteiger partial charge in [-0.2, -0.15) is 0 Å². The normalized spacial score (nSPS) is 19.1. The molecule has 0 radical (unpaired) electrons. The minimum Gasteiger partial charge on any atom is -0.481 e. The van der Waals surface area contributed by atoms with Gasteiger partial charge < -0.3 is 14.5 Å². The third-order valence-electron chi connectivity index (χ3n) is 3.39. The molecule has 0 spiro atoms. The van der Waals surface area contributed by atoms with Crippen molar-refractivity contribution in [2.75, 3.05) is 26.7 Å². The van der Waals surface area contributed by atoms with Crippen LogP contribution in [0.25, 0.3) is 0 Å². The lowest BCUT2D eigenvalue weighted by molar-refractivity contribution is -0.150. The number of likely N-dealkylation sites (N-methyl/N-ethyl adjacent to an activating group) is 1. The summed E-state index contributed by atoms with van der Waals surface area (Å²) in [5.74, 6) is -0.894. The van der Waals surface area contributed by atoms with Gasteiger partial charge in [0.25, 0.3) is 5.91 Å². The number of nitrogens with zero attached hydrogens (tertiary/aromatic N) is 2. The van der Waals surface area contributed by atoms with Gasteiger partial charge in [0.1, 0.15) is 6.04 Å². The van der Waals surface area contributed by atoms with Crippen LogP contribution in [0.3, 0.4) is 0 Å². The first-order chi connectivity index (χ1) is 9.50. The summed E-state index contributed by atoms with van der Waals surface area (Å²) in [5.41, 5.74) is 0. The third-order valence-corrected chi connectivity index (χ3v) is 3.39. The van der Waals surface area contributed by atoms with Crippen LogP contribution in [0.4, 0.5) is 4.39 Å². The lowest BCUT2D eigenvalue weighted by Gasteiger charge is -2.37. The fraction of sp³-hybridized carbons (Fsp3) is 0.429. The number of para-hydroxylation sites is 1. The summed E-state index contributed by atoms with van der Waals surface area (Å²) in [6, 6.07) is 5.39. The third kappa shape index (κ3) is 2.89. The van der Waals surface area contributed by atoms with Gasteiger partial charge >= 0.3 is 0 Å². The molecule has 0 N–H and O–H groups in total. The topological polar surface area (TPSA) is 49.9 Å². The predicted octanol–water partition coefficient (Wildman–Crippen LogP) is 0.894. The molecule has 1 saturated heterocycles. The number of rotatable bonds is 3. The molecule has 1 aliphatic rings. The van der Waals surface area contributed by atoms with E-state index >= 15 is 0 Å². The molecule has 1 aliphatic heterocycles. The second kappa shape index (κ2) is 5.90. The van der Waals surface area contributed by atoms with Crippen LogP contribution in [-0.2, 0) is 9.59 Å². The van der Waals surface area contributed by atoms with Crippen LogP contribution in [0.15, 0.2) is 24.3 Å². The van der Waals surface area contributed by atoms with Crippen molar-refractivity contribution in [3.63, 3.8) is 0 Å². The van der Waals surface area contributed by atoms with Gasteiger partial charge in [0.2, 0.25) is 5.91 Å². The monoisotopic (exact) mass is 280 g/mol. The minimum atomic E-state index is -0.511. The molecule has 1 heterocycles. The van der Waals surface area contributed by atoms with Crippen LogP contribution in [0, 0.1) is 5.82 Å². The molecule has 5 nitrogen and oxygen atoms in total. The van der Waals surface area contributed by atoms with Gasteiger partial charge in [-0.15, -0.1) is 0 Å². The maximum atomic E-state index is 13.4. The number of amides is 2. The first kappa shape index (κ1) is 14.3. The highest BCUT2D eigenvalue weighted by molar-refractivity contribution is 5.88. The van der Waals surface area contributed by atoms with E-state index in [1.165, 1.54) is 17.0 Å². The number of halogens is 1. The first-order valence-electron chi connectivity index (χ1n) is 6.42. The zero-order chi connectivity index (χ0) is 14.7. The molecule has 0 saturated carbocycles. The van der Waals surface area contributed by atoms with Crippen molar-refractivity contribution in [2.45, 2.75) is 13.0 Å². The van der Waals surface area contributed by atoms with Gasteiger partial charge in [-0.1, -0.05) is 12.1 Å². The van der Waals surface area contributed by atoms with Crippen LogP contribution in [0.2, 0.25) is 0 Å². The smallest absolute Gasteiger partial charge is 0.261 e. The predicted molar refractivity (Wildman–Crippen MR) is 70.7 cm³/mol. The summed E-state index contributed by atoms with van der Waals surface area (Å²) in [6.07, 6.45) is 0. The summed E-state index contributed by atoms with van der Waals surface area (Å²) in [4.78, 5) is 26.9. The lowest BCUT2D eigenvalue weighted by atomic mass is 10.2. The number of hydrogen-bond donors (Lipinski definition) is 0. The minimum absolute atomic E-state index is 0.0361. The van der Waals surface area contributed by atoms with E-state index in [2.05, 4.69) is 0 Å². The summed E-state index contributed by atoms with van der Waals surface area (Å²) >= 11 is 0. The maximum Gasteiger partial charge on any atom is 0.261 e. The number of piperazine rings is 1. The van der Waals surface area contributed by atoms with Crippen molar-refractivity contribution < 1.29 is 18.7 Å². The van der Waals surface area contributed by atoms with Crippen molar-refractivity contribution in [3.8, 4) is 5.75 Å². The molecular formula is C14H17FN2O3. The van der Waals surface area contributed by atoms with Crippen molar-refractivity contribution in [1.82, 2.24) is 9.80 Å². The standard InChI is InChI=1S/C14H17FN2O3/c1-10-14(19)16(2)7-8-17(10)13(18)9-20-12-6-4-3-5-11(12)15/h3-6,10H,7-9H2,1-2H3. The molecule has 1 fully saturated rings. The number of carbonyl (C=O) groups is 2. The first-order valence-corrected chi connectivity index (χ1v) is 6.42. The average molecular weight is 280 g/mol. The number of carbonyl (C=O) groups excluding carboxylic acids is 2. The van der Waals surface area contributed by atoms with Gasteiger partial charge in [-0.3, -0.25) is 9.59 Å². The van der Waals surface area contributed by atoms with Crippen molar-refractivity contribution in [1.29, 1.82) is 0 Å². The molecule has 1 atom stereocenters. The van der Waals surface area contributed by atoms with E-state index in [1.807, 2.05) is 0 Å². The van der Waals surface area contributed by atoms with Crippen LogP contribution in [-0.4, -0.2) is 54.4 Å². The van der Waals surface area contributed by atoms with E-state index < -0.39 is 11.9 Å². The fourth-order valence-corrected chi connectivity index (χ4v) is 2.14. The van der Waals surface area contributed by atoms with Crippen LogP contribution in [0.5, 0.6) is 5.75 Å². The van der Waals surface area contributed by atoms with Crippen molar-refractivity contribution in [3.05, 3.63) is 30.1 Å². The highest BCUT2D eigenvalue weighted by Gasteiger charge is 2.32. The highest BCUT2D eigenvalue weighted by atomic mass is 19.1. The second-order valence-corrected chi connectivity index (χ2v) is 4.74. The molecule has 20 heavy (non-hydrogen) atoms. The van der Waals surface area contributed by atoms with E-state index in [0.717, 1.165) is 0 Å². The molecule has 0 aliphatic carbocycles. The largest absolute Gasteiger partial charge is 0.481 e. The quantitative estimate of drug-likeness (QED) is 0.826. The Hall–Kier alpha value is -2.11. The van der Waals surface area contributed by atoms with Gasteiger partial charge in [-0.25, -0.2) is 4.39 Å². The summed E-state index contributed by atoms with van der Waals surface area (Å²) in [6.45, 7) is 2.36. The van der Waals surface area contributed by atoms with Gasteiger partial charge in [0, 0.05) is 20.1 Å². The molecule has 1 unspecified atom stereocenters. The SMILES string of the molecule is CC1C(=O)N(C)CCN1C(=O)COc1ccccc1F. The molecule has 1 aromatic carbocycles. The van der Waals surface area contributed by atoms with E-state index in [0.29, 0.717) is 13.1 Å². The number of benzene rings is 1. The summed E-state index contributed by atoms with van der Waals surface area (Å²) in [5, 5.41) is 0. The van der Waals surface area contributed by atoms with E-state index in [4.69, 9.17) is 4.74 Å². The van der Waals surface area contributed by atoms with Crippen LogP contribution >= 0.6 is 0 Å². The van der Waals surface area contributed by atoms with Crippen LogP contribution in [0.1, 0.15) is 6.92 Å². The zero-order valence-electron chi connectivity index (χ0n) is 11.5. The Morgan fingerprint density at radius 1 is 1.40 bits per heavy atom. The Balaban J connectivity index is 1.95. The molecule has 1 aromatic rings. The van der Waals surface area contributed by atoms with E-state index in [-0.39, 0.29) is 24.2 Å². The van der Waals surface area contributed by atoms with Crippen molar-refractivity contribution in [2.24, 2.45) is 0 Å². The van der Waals surface area contributed by atoms with Gasteiger partial charge in [0.15, 0.2) is 18.2 Å². The summed E-state index contributed by atoms with van der Waals surface area (Å²) < 4.78 is 18.5. The Morgan fingerprint density at radius 3 is 2.80 bits per heavy atom. The second-order valence-electron chi connectivity index (χ2n) is 4.74. The molecule has 2 amide bonds. The Bertz CT molecular complexity index is 521. The molecule has 108 valence electrons. The summed E-state index contributed by atoms with van der Waals surface area (Å²) in [7, 11) is 1.70. The maximum absolute atomic E-state index is 13.4. The Morgan fingerprint density at radius 2 is 2.10 bits per heavy atom. The Labute approximate surface area is 116 Å². The van der Waals surface area contributed by atoms with Gasteiger partial charge in [-0.05, 0) is 19.1 Å². The van der Waals surface area contributed by atoms with E-state index in [1.54, 1.807) is 31.0 Å². The Kier molecular flexibility index (Phi) is 4.22. The van der Waals surface area contributed by atoms with Crippen molar-refractivity contribution >= 4 is 11.8 Å². The molecule has 2 rings (SSSR count). The van der Waals surface area contributed by atoms with Crippen LogP contribution < -0.4 is 4.74 Å². The zero-order valence-corrected chi connectivity index (χ0v) is 11.5. The lowest BCUT2D eigenvalue weighted by Crippen LogP contribution is -2.57.